The Morgan fingerprint density at radius 3 is 2.56 bits per heavy atom. The maximum atomic E-state index is 14.1. The molecule has 0 unspecified atom stereocenters. The fourth-order valence-electron chi connectivity index (χ4n) is 3.86. The average molecular weight is 452 g/mol. The van der Waals surface area contributed by atoms with Gasteiger partial charge in [0.05, 0.1) is 6.61 Å². The molecule has 0 spiro atoms. The number of aliphatic hydroxyl groups excluding tert-OH is 4. The smallest absolute Gasteiger partial charge is 0.356 e. The summed E-state index contributed by atoms with van der Waals surface area (Å²) in [7, 11) is 0. The molecule has 2 aromatic rings. The van der Waals surface area contributed by atoms with E-state index in [1.807, 2.05) is 6.92 Å². The molecule has 1 aromatic heterocycles. The van der Waals surface area contributed by atoms with Crippen LogP contribution in [0.1, 0.15) is 35.2 Å². The first kappa shape index (κ1) is 23.1. The Hall–Kier alpha value is -2.08. The highest BCUT2D eigenvalue weighted by atomic mass is 19.1. The second kappa shape index (κ2) is 8.69. The van der Waals surface area contributed by atoms with Gasteiger partial charge in [0.2, 0.25) is 5.88 Å². The summed E-state index contributed by atoms with van der Waals surface area (Å²) in [5.41, 5.74) is 2.48. The second-order valence-electron chi connectivity index (χ2n) is 8.75. The lowest BCUT2D eigenvalue weighted by Crippen LogP contribution is -2.67. The molecule has 176 valence electrons. The van der Waals surface area contributed by atoms with Crippen molar-refractivity contribution < 1.29 is 39.4 Å². The molecule has 0 amide bonds. The molecule has 2 heterocycles. The van der Waals surface area contributed by atoms with Crippen LogP contribution < -0.4 is 4.74 Å². The third-order valence-corrected chi connectivity index (χ3v) is 6.21. The predicted octanol–water partition coefficient (Wildman–Crippen LogP) is 0.139. The molecular weight excluding hydrogens is 423 g/mol. The van der Waals surface area contributed by atoms with E-state index in [0.29, 0.717) is 29.2 Å². The van der Waals surface area contributed by atoms with Gasteiger partial charge in [0.15, 0.2) is 6.10 Å². The normalized spacial score (nSPS) is 30.5. The molecule has 9 nitrogen and oxygen atoms in total. The van der Waals surface area contributed by atoms with E-state index in [-0.39, 0.29) is 18.1 Å². The Morgan fingerprint density at radius 1 is 1.22 bits per heavy atom. The van der Waals surface area contributed by atoms with Crippen LogP contribution in [0.5, 0.6) is 5.88 Å². The van der Waals surface area contributed by atoms with Crippen molar-refractivity contribution in [2.24, 2.45) is 5.92 Å². The quantitative estimate of drug-likeness (QED) is 0.374. The van der Waals surface area contributed by atoms with Gasteiger partial charge in [-0.25, -0.2) is 4.39 Å². The predicted molar refractivity (Wildman–Crippen MR) is 109 cm³/mol. The van der Waals surface area contributed by atoms with Crippen molar-refractivity contribution in [1.29, 1.82) is 0 Å². The molecule has 1 aliphatic heterocycles. The van der Waals surface area contributed by atoms with E-state index < -0.39 is 37.0 Å². The second-order valence-corrected chi connectivity index (χ2v) is 8.75. The molecule has 0 radical (unpaired) electrons. The highest BCUT2D eigenvalue weighted by Crippen LogP contribution is 2.36. The van der Waals surface area contributed by atoms with Crippen molar-refractivity contribution in [1.82, 2.24) is 9.78 Å². The summed E-state index contributed by atoms with van der Waals surface area (Å²) >= 11 is 0. The van der Waals surface area contributed by atoms with Crippen molar-refractivity contribution in [2.45, 2.75) is 70.0 Å². The van der Waals surface area contributed by atoms with E-state index >= 15 is 0 Å². The van der Waals surface area contributed by atoms with Crippen LogP contribution in [0.25, 0.3) is 0 Å². The van der Waals surface area contributed by atoms with Crippen LogP contribution in [0.4, 0.5) is 4.39 Å². The Morgan fingerprint density at radius 2 is 1.94 bits per heavy atom. The van der Waals surface area contributed by atoms with Crippen molar-refractivity contribution >= 4 is 0 Å². The number of benzene rings is 1. The molecule has 1 aliphatic carbocycles. The minimum Gasteiger partial charge on any atom is -0.417 e. The van der Waals surface area contributed by atoms with Gasteiger partial charge in [-0.1, -0.05) is 12.1 Å². The minimum atomic E-state index is -2.76. The molecule has 32 heavy (non-hydrogen) atoms. The van der Waals surface area contributed by atoms with Gasteiger partial charge in [-0.05, 0) is 49.8 Å². The lowest BCUT2D eigenvalue weighted by atomic mass is 9.98. The summed E-state index contributed by atoms with van der Waals surface area (Å²) in [6.07, 6.45) is -4.45. The van der Waals surface area contributed by atoms with Crippen LogP contribution in [0.3, 0.4) is 0 Å². The highest BCUT2D eigenvalue weighted by Gasteiger charge is 2.55. The largest absolute Gasteiger partial charge is 0.417 e. The summed E-state index contributed by atoms with van der Waals surface area (Å²) in [5, 5.41) is 55.1. The SMILES string of the molecule is Cc1ccc(Cc2c(O[C@]3(O)O[C@H](CO)[C@@H](O)[C@H](O)[C@H]3O)nn(CC3CC3)c2C)cc1F. The monoisotopic (exact) mass is 452 g/mol. The lowest BCUT2D eigenvalue weighted by molar-refractivity contribution is -0.423. The third kappa shape index (κ3) is 4.39. The van der Waals surface area contributed by atoms with Crippen LogP contribution in [0.15, 0.2) is 18.2 Å². The van der Waals surface area contributed by atoms with Crippen LogP contribution in [-0.2, 0) is 17.7 Å². The minimum absolute atomic E-state index is 0.0500. The lowest BCUT2D eigenvalue weighted by Gasteiger charge is -2.43. The first-order valence-electron chi connectivity index (χ1n) is 10.7. The summed E-state index contributed by atoms with van der Waals surface area (Å²) in [5.74, 6) is -2.67. The number of ether oxygens (including phenoxy) is 2. The van der Waals surface area contributed by atoms with Crippen molar-refractivity contribution in [3.63, 3.8) is 0 Å². The van der Waals surface area contributed by atoms with Crippen molar-refractivity contribution in [3.8, 4) is 5.88 Å². The molecule has 2 aliphatic rings. The number of rotatable bonds is 7. The standard InChI is InChI=1S/C22H29FN2O7/c1-11-3-4-14(8-16(11)23)7-15-12(2)25(9-13-5-6-13)24-21(15)32-22(30)20(29)19(28)18(27)17(10-26)31-22/h3-4,8,13,17-20,26-30H,5-7,9-10H2,1-2H3/t17-,18-,19+,20-,22-/m1/s1. The topological polar surface area (TPSA) is 137 Å². The molecule has 0 bridgehead atoms. The molecule has 10 heteroatoms. The molecule has 4 rings (SSSR count). The number of hydrogen-bond donors (Lipinski definition) is 5. The van der Waals surface area contributed by atoms with Gasteiger partial charge in [-0.2, -0.15) is 0 Å². The van der Waals surface area contributed by atoms with Gasteiger partial charge in [-0.15, -0.1) is 5.10 Å². The molecule has 5 N–H and O–H groups in total. The Labute approximate surface area is 184 Å². The summed E-state index contributed by atoms with van der Waals surface area (Å²) in [6.45, 7) is 3.43. The van der Waals surface area contributed by atoms with Crippen LogP contribution >= 0.6 is 0 Å². The Balaban J connectivity index is 1.68. The fraction of sp³-hybridized carbons (Fsp3) is 0.591. The maximum absolute atomic E-state index is 14.1. The average Bonchev–Trinajstić information content (AvgIpc) is 3.53. The van der Waals surface area contributed by atoms with E-state index in [0.717, 1.165) is 18.5 Å². The van der Waals surface area contributed by atoms with Gasteiger partial charge < -0.3 is 35.0 Å². The van der Waals surface area contributed by atoms with Crippen LogP contribution in [-0.4, -0.2) is 72.3 Å². The molecule has 1 saturated heterocycles. The van der Waals surface area contributed by atoms with Gasteiger partial charge in [0.1, 0.15) is 24.1 Å². The number of hydrogen-bond acceptors (Lipinski definition) is 8. The first-order chi connectivity index (χ1) is 15.1. The summed E-state index contributed by atoms with van der Waals surface area (Å²) in [4.78, 5) is 0. The van der Waals surface area contributed by atoms with Crippen LogP contribution in [0.2, 0.25) is 0 Å². The third-order valence-electron chi connectivity index (χ3n) is 6.21. The number of aliphatic hydroxyl groups is 5. The zero-order valence-electron chi connectivity index (χ0n) is 18.0. The van der Waals surface area contributed by atoms with Crippen LogP contribution in [0, 0.1) is 25.6 Å². The number of aryl methyl sites for hydroxylation is 1. The first-order valence-corrected chi connectivity index (χ1v) is 10.7. The number of nitrogens with zero attached hydrogens (tertiary/aromatic N) is 2. The van der Waals surface area contributed by atoms with E-state index in [9.17, 15) is 29.9 Å². The van der Waals surface area contributed by atoms with E-state index in [1.54, 1.807) is 23.7 Å². The number of aromatic nitrogens is 2. The van der Waals surface area contributed by atoms with Gasteiger partial charge in [0, 0.05) is 24.2 Å². The zero-order chi connectivity index (χ0) is 23.2. The molecule has 1 aromatic carbocycles. The molecule has 2 fully saturated rings. The van der Waals surface area contributed by atoms with Gasteiger partial charge in [0.25, 0.3) is 0 Å². The zero-order valence-corrected chi connectivity index (χ0v) is 18.0. The van der Waals surface area contributed by atoms with E-state index in [1.165, 1.54) is 6.07 Å². The highest BCUT2D eigenvalue weighted by molar-refractivity contribution is 5.37. The Kier molecular flexibility index (Phi) is 6.27. The van der Waals surface area contributed by atoms with Crippen molar-refractivity contribution in [3.05, 3.63) is 46.4 Å². The van der Waals surface area contributed by atoms with E-state index in [2.05, 4.69) is 5.10 Å². The van der Waals surface area contributed by atoms with Crippen molar-refractivity contribution in [2.75, 3.05) is 6.61 Å². The van der Waals surface area contributed by atoms with E-state index in [4.69, 9.17) is 9.47 Å². The van der Waals surface area contributed by atoms with Gasteiger partial charge in [-0.3, -0.25) is 4.68 Å². The maximum Gasteiger partial charge on any atom is 0.356 e. The Bertz CT molecular complexity index is 977. The fourth-order valence-corrected chi connectivity index (χ4v) is 3.86. The summed E-state index contributed by atoms with van der Waals surface area (Å²) in [6, 6.07) is 4.86. The number of halogens is 1. The summed E-state index contributed by atoms with van der Waals surface area (Å²) < 4.78 is 26.7. The molecule has 1 saturated carbocycles. The molecule has 5 atom stereocenters. The molecular formula is C22H29FN2O7. The van der Waals surface area contributed by atoms with Gasteiger partial charge >= 0.3 is 5.97 Å².